The largest absolute Gasteiger partial charge is 0.494 e. The van der Waals surface area contributed by atoms with Crippen LogP contribution in [0.5, 0.6) is 5.75 Å². The summed E-state index contributed by atoms with van der Waals surface area (Å²) in [7, 11) is 1.52. The van der Waals surface area contributed by atoms with Gasteiger partial charge in [0.1, 0.15) is 5.75 Å². The van der Waals surface area contributed by atoms with Crippen LogP contribution in [0.3, 0.4) is 0 Å². The number of non-ortho nitro benzene ring substituents is 1. The molecule has 9 nitrogen and oxygen atoms in total. The van der Waals surface area contributed by atoms with E-state index in [-0.39, 0.29) is 17.8 Å². The number of nitro groups is 1. The maximum atomic E-state index is 11.3. The Balaban J connectivity index is 1.63. The van der Waals surface area contributed by atoms with E-state index in [0.717, 1.165) is 33.9 Å². The molecule has 0 radical (unpaired) electrons. The number of nitrogens with one attached hydrogen (secondary N) is 1. The van der Waals surface area contributed by atoms with Crippen LogP contribution < -0.4 is 10.1 Å². The summed E-state index contributed by atoms with van der Waals surface area (Å²) in [6.45, 7) is 4.67. The van der Waals surface area contributed by atoms with Gasteiger partial charge in [-0.3, -0.25) is 20.1 Å². The zero-order valence-corrected chi connectivity index (χ0v) is 21.5. The maximum absolute atomic E-state index is 11.3. The average Bonchev–Trinajstić information content (AvgIpc) is 3.39. The molecule has 0 amide bonds. The van der Waals surface area contributed by atoms with Gasteiger partial charge in [0.15, 0.2) is 5.11 Å². The van der Waals surface area contributed by atoms with Gasteiger partial charge in [0.05, 0.1) is 41.6 Å². The fraction of sp³-hybridized carbons (Fsp3) is 0.222. The third kappa shape index (κ3) is 4.51. The fourth-order valence-corrected chi connectivity index (χ4v) is 5.33. The highest BCUT2D eigenvalue weighted by atomic mass is 32.1. The van der Waals surface area contributed by atoms with Crippen molar-refractivity contribution in [2.24, 2.45) is 0 Å². The Morgan fingerprint density at radius 3 is 2.57 bits per heavy atom. The van der Waals surface area contributed by atoms with Crippen LogP contribution in [0, 0.1) is 24.0 Å². The number of benzene rings is 1. The van der Waals surface area contributed by atoms with E-state index in [9.17, 15) is 10.1 Å². The highest BCUT2D eigenvalue weighted by Gasteiger charge is 2.41. The van der Waals surface area contributed by atoms with Gasteiger partial charge in [-0.2, -0.15) is 0 Å². The zero-order valence-electron chi connectivity index (χ0n) is 20.7. The standard InChI is InChI=1S/C27H26N6O3S/c1-17-14-21(18(2)32(17)23-8-7-20(33(34)35)15-24(23)36-3)26-25(22-6-4-5-11-29-22)30-27(37)31(26)16-19-9-12-28-13-10-19/h4-15,25-26H,16H2,1-3H3,(H,30,37)/t25-,26+/m0/s1. The van der Waals surface area contributed by atoms with Crippen LogP contribution in [0.4, 0.5) is 5.69 Å². The number of thiocarbonyl (C=S) groups is 1. The lowest BCUT2D eigenvalue weighted by Crippen LogP contribution is -2.29. The minimum Gasteiger partial charge on any atom is -0.494 e. The Morgan fingerprint density at radius 2 is 1.89 bits per heavy atom. The van der Waals surface area contributed by atoms with Gasteiger partial charge in [0, 0.05) is 42.6 Å². The second kappa shape index (κ2) is 9.98. The van der Waals surface area contributed by atoms with Gasteiger partial charge in [-0.25, -0.2) is 0 Å². The van der Waals surface area contributed by atoms with E-state index in [4.69, 9.17) is 17.0 Å². The summed E-state index contributed by atoms with van der Waals surface area (Å²) in [5, 5.41) is 15.5. The summed E-state index contributed by atoms with van der Waals surface area (Å²) in [5.74, 6) is 0.428. The van der Waals surface area contributed by atoms with Gasteiger partial charge in [-0.1, -0.05) is 6.07 Å². The lowest BCUT2D eigenvalue weighted by molar-refractivity contribution is -0.384. The summed E-state index contributed by atoms with van der Waals surface area (Å²) < 4.78 is 7.63. The molecule has 5 rings (SSSR count). The summed E-state index contributed by atoms with van der Waals surface area (Å²) >= 11 is 5.83. The van der Waals surface area contributed by atoms with Gasteiger partial charge in [0.2, 0.25) is 0 Å². The molecule has 0 saturated carbocycles. The van der Waals surface area contributed by atoms with Crippen LogP contribution in [0.15, 0.2) is 73.2 Å². The van der Waals surface area contributed by atoms with Crippen LogP contribution >= 0.6 is 12.2 Å². The van der Waals surface area contributed by atoms with Crippen molar-refractivity contribution in [2.75, 3.05) is 7.11 Å². The number of nitrogens with zero attached hydrogens (tertiary/aromatic N) is 5. The number of pyridine rings is 2. The van der Waals surface area contributed by atoms with E-state index in [1.54, 1.807) is 24.7 Å². The molecule has 1 aromatic carbocycles. The Hall–Kier alpha value is -4.31. The first-order chi connectivity index (χ1) is 17.9. The average molecular weight is 515 g/mol. The molecule has 1 saturated heterocycles. The van der Waals surface area contributed by atoms with Crippen LogP contribution in [-0.4, -0.2) is 36.6 Å². The Kier molecular flexibility index (Phi) is 6.58. The number of aromatic nitrogens is 3. The molecule has 1 aliphatic heterocycles. The monoisotopic (exact) mass is 514 g/mol. The van der Waals surface area contributed by atoms with E-state index in [1.807, 2.05) is 44.2 Å². The molecule has 0 spiro atoms. The lowest BCUT2D eigenvalue weighted by Gasteiger charge is -2.28. The lowest BCUT2D eigenvalue weighted by atomic mass is 9.96. The molecule has 1 fully saturated rings. The number of hydrogen-bond acceptors (Lipinski definition) is 6. The van der Waals surface area contributed by atoms with E-state index in [1.165, 1.54) is 19.2 Å². The molecule has 37 heavy (non-hydrogen) atoms. The first kappa shape index (κ1) is 24.4. The first-order valence-electron chi connectivity index (χ1n) is 11.8. The van der Waals surface area contributed by atoms with Crippen LogP contribution in [0.2, 0.25) is 0 Å². The number of rotatable bonds is 7. The Bertz CT molecular complexity index is 1460. The molecule has 0 aliphatic carbocycles. The minimum absolute atomic E-state index is 0.0210. The van der Waals surface area contributed by atoms with Gasteiger partial charge in [0.25, 0.3) is 5.69 Å². The molecule has 4 heterocycles. The topological polar surface area (TPSA) is 98.3 Å². The zero-order chi connectivity index (χ0) is 26.1. The van der Waals surface area contributed by atoms with Crippen molar-refractivity contribution in [3.63, 3.8) is 0 Å². The summed E-state index contributed by atoms with van der Waals surface area (Å²) in [6.07, 6.45) is 5.34. The number of methoxy groups -OCH3 is 1. The summed E-state index contributed by atoms with van der Waals surface area (Å²) in [5.41, 5.74) is 5.74. The molecule has 4 aromatic rings. The van der Waals surface area contributed by atoms with E-state index < -0.39 is 4.92 Å². The molecule has 188 valence electrons. The highest BCUT2D eigenvalue weighted by molar-refractivity contribution is 7.80. The van der Waals surface area contributed by atoms with Crippen LogP contribution in [0.1, 0.15) is 40.3 Å². The van der Waals surface area contributed by atoms with E-state index in [2.05, 4.69) is 30.8 Å². The third-order valence-corrected chi connectivity index (χ3v) is 7.06. The number of nitro benzene ring substituents is 1. The van der Waals surface area contributed by atoms with Crippen molar-refractivity contribution in [3.05, 3.63) is 112 Å². The van der Waals surface area contributed by atoms with E-state index >= 15 is 0 Å². The van der Waals surface area contributed by atoms with Crippen molar-refractivity contribution in [2.45, 2.75) is 32.5 Å². The molecule has 10 heteroatoms. The fourth-order valence-electron chi connectivity index (χ4n) is 5.02. The summed E-state index contributed by atoms with van der Waals surface area (Å²) in [6, 6.07) is 16.4. The molecule has 0 bridgehead atoms. The second-order valence-electron chi connectivity index (χ2n) is 8.89. The van der Waals surface area contributed by atoms with Crippen molar-refractivity contribution in [1.29, 1.82) is 0 Å². The molecule has 3 aromatic heterocycles. The Morgan fingerprint density at radius 1 is 1.11 bits per heavy atom. The van der Waals surface area contributed by atoms with Crippen LogP contribution in [0.25, 0.3) is 5.69 Å². The normalized spacial score (nSPS) is 17.1. The molecular formula is C27H26N6O3S. The first-order valence-corrected chi connectivity index (χ1v) is 12.2. The Labute approximate surface area is 219 Å². The van der Waals surface area contributed by atoms with Gasteiger partial charge in [-0.15, -0.1) is 0 Å². The number of hydrogen-bond donors (Lipinski definition) is 1. The molecule has 1 N–H and O–H groups in total. The maximum Gasteiger partial charge on any atom is 0.273 e. The highest BCUT2D eigenvalue weighted by Crippen LogP contribution is 2.43. The van der Waals surface area contributed by atoms with Gasteiger partial charge in [-0.05, 0) is 73.6 Å². The SMILES string of the molecule is COc1cc([N+](=O)[O-])ccc1-n1c(C)cc([C@@H]2[C@H](c3ccccn3)NC(=S)N2Cc2ccncc2)c1C. The van der Waals surface area contributed by atoms with Crippen molar-refractivity contribution < 1.29 is 9.66 Å². The smallest absolute Gasteiger partial charge is 0.273 e. The molecule has 0 unspecified atom stereocenters. The number of ether oxygens (including phenoxy) is 1. The summed E-state index contributed by atoms with van der Waals surface area (Å²) in [4.78, 5) is 21.9. The van der Waals surface area contributed by atoms with Crippen LogP contribution in [-0.2, 0) is 6.54 Å². The molecular weight excluding hydrogens is 488 g/mol. The van der Waals surface area contributed by atoms with E-state index in [0.29, 0.717) is 17.4 Å². The number of aryl methyl sites for hydroxylation is 1. The predicted octanol–water partition coefficient (Wildman–Crippen LogP) is 4.97. The quantitative estimate of drug-likeness (QED) is 0.210. The van der Waals surface area contributed by atoms with Crippen molar-refractivity contribution in [3.8, 4) is 11.4 Å². The van der Waals surface area contributed by atoms with Crippen molar-refractivity contribution >= 4 is 23.0 Å². The second-order valence-corrected chi connectivity index (χ2v) is 9.27. The minimum atomic E-state index is -0.424. The third-order valence-electron chi connectivity index (χ3n) is 6.70. The molecule has 1 aliphatic rings. The predicted molar refractivity (Wildman–Crippen MR) is 144 cm³/mol. The van der Waals surface area contributed by atoms with Gasteiger partial charge < -0.3 is 19.5 Å². The molecule has 2 atom stereocenters. The van der Waals surface area contributed by atoms with Crippen molar-refractivity contribution in [1.82, 2.24) is 24.8 Å². The van der Waals surface area contributed by atoms with Gasteiger partial charge >= 0.3 is 0 Å².